The Balaban J connectivity index is 1.55. The molecule has 3 amide bonds. The number of carbonyl (C=O) groups is 5. The number of fused-ring (bicyclic) bond motifs is 1. The van der Waals surface area contributed by atoms with Gasteiger partial charge in [0.05, 0.1) is 33.1 Å². The molecule has 1 aromatic carbocycles. The SMILES string of the molecule is CC(O)C1C(=O)N2C(C(=O)OP)=C(SC3CC(C(=O)Nc4cccc(C(=O)O)c4)N(C(=O)[O-])C3)C(C)C12. The number of nitrogens with zero attached hydrogens (tertiary/aromatic N) is 2. The summed E-state index contributed by atoms with van der Waals surface area (Å²) >= 11 is 1.20. The molecule has 0 bridgehead atoms. The standard InChI is InChI=1S/C23H26N3O9PS/c1-9-16-15(10(2)27)20(29)26(16)17(22(32)35-36)18(9)37-13-7-14(25(8-13)23(33)34)19(28)24-12-5-3-4-11(6-12)21(30)31/h3-6,9-10,13-16,27H,7-8,36H2,1-2H3,(H,24,28)(H,30,31)(H,33,34)/p-1. The van der Waals surface area contributed by atoms with E-state index in [1.54, 1.807) is 0 Å². The van der Waals surface area contributed by atoms with Crippen LogP contribution in [0.15, 0.2) is 34.9 Å². The number of benzene rings is 1. The number of nitrogens with one attached hydrogen (secondary N) is 1. The maximum absolute atomic E-state index is 13.0. The zero-order chi connectivity index (χ0) is 27.2. The normalized spacial score (nSPS) is 27.5. The average molecular weight is 551 g/mol. The van der Waals surface area contributed by atoms with E-state index in [1.807, 2.05) is 16.4 Å². The quantitative estimate of drug-likeness (QED) is 0.315. The van der Waals surface area contributed by atoms with Crippen LogP contribution in [0.2, 0.25) is 0 Å². The smallest absolute Gasteiger partial charge is 0.358 e. The number of aliphatic hydroxyl groups is 1. The van der Waals surface area contributed by atoms with E-state index in [4.69, 9.17) is 9.63 Å². The van der Waals surface area contributed by atoms with E-state index < -0.39 is 59.2 Å². The number of carboxylic acid groups (broad SMARTS) is 2. The number of likely N-dealkylation sites (tertiary alicyclic amines) is 1. The first-order valence-electron chi connectivity index (χ1n) is 11.4. The number of aromatic carboxylic acids is 1. The van der Waals surface area contributed by atoms with E-state index >= 15 is 0 Å². The van der Waals surface area contributed by atoms with Crippen molar-refractivity contribution in [1.82, 2.24) is 9.80 Å². The first-order valence-corrected chi connectivity index (χ1v) is 12.8. The van der Waals surface area contributed by atoms with Gasteiger partial charge < -0.3 is 39.8 Å². The molecule has 3 N–H and O–H groups in total. The molecule has 0 radical (unpaired) electrons. The predicted octanol–water partition coefficient (Wildman–Crippen LogP) is 0.245. The van der Waals surface area contributed by atoms with Gasteiger partial charge in [0, 0.05) is 28.3 Å². The van der Waals surface area contributed by atoms with Crippen LogP contribution in [0.4, 0.5) is 10.5 Å². The molecule has 0 aliphatic carbocycles. The fourth-order valence-corrected chi connectivity index (χ4v) is 6.83. The summed E-state index contributed by atoms with van der Waals surface area (Å²) in [7, 11) is 1.84. The van der Waals surface area contributed by atoms with E-state index in [1.165, 1.54) is 47.9 Å². The van der Waals surface area contributed by atoms with Crippen LogP contribution in [-0.4, -0.2) is 79.8 Å². The van der Waals surface area contributed by atoms with Gasteiger partial charge in [-0.1, -0.05) is 13.0 Å². The van der Waals surface area contributed by atoms with Crippen molar-refractivity contribution in [3.8, 4) is 0 Å². The fraction of sp³-hybridized carbons (Fsp3) is 0.435. The zero-order valence-electron chi connectivity index (χ0n) is 19.8. The van der Waals surface area contributed by atoms with Crippen molar-refractivity contribution < 1.29 is 43.8 Å². The largest absolute Gasteiger partial charge is 0.530 e. The highest BCUT2D eigenvalue weighted by molar-refractivity contribution is 8.03. The van der Waals surface area contributed by atoms with Gasteiger partial charge in [-0.25, -0.2) is 9.59 Å². The molecule has 4 rings (SSSR count). The number of carbonyl (C=O) groups excluding carboxylic acids is 4. The molecule has 0 aromatic heterocycles. The van der Waals surface area contributed by atoms with Crippen LogP contribution in [-0.2, 0) is 18.9 Å². The molecule has 12 nitrogen and oxygen atoms in total. The summed E-state index contributed by atoms with van der Waals surface area (Å²) in [4.78, 5) is 64.0. The van der Waals surface area contributed by atoms with Gasteiger partial charge in [-0.15, -0.1) is 11.8 Å². The molecule has 198 valence electrons. The Labute approximate surface area is 218 Å². The molecule has 3 heterocycles. The number of anilines is 1. The maximum atomic E-state index is 13.0. The van der Waals surface area contributed by atoms with E-state index in [2.05, 4.69) is 5.32 Å². The third-order valence-corrected chi connectivity index (χ3v) is 8.59. The van der Waals surface area contributed by atoms with Crippen LogP contribution >= 0.6 is 21.2 Å². The Morgan fingerprint density at radius 2 is 2.00 bits per heavy atom. The van der Waals surface area contributed by atoms with Crippen LogP contribution in [0.3, 0.4) is 0 Å². The molecule has 7 atom stereocenters. The highest BCUT2D eigenvalue weighted by Crippen LogP contribution is 2.52. The first-order chi connectivity index (χ1) is 17.5. The van der Waals surface area contributed by atoms with Crippen LogP contribution in [0.25, 0.3) is 0 Å². The average Bonchev–Trinajstić information content (AvgIpc) is 3.37. The lowest BCUT2D eigenvalue weighted by Gasteiger charge is -2.46. The van der Waals surface area contributed by atoms with Crippen molar-refractivity contribution in [2.45, 2.75) is 43.7 Å². The molecular formula is C23H25N3O9PS-. The number of carboxylic acids is 1. The predicted molar refractivity (Wildman–Crippen MR) is 132 cm³/mol. The molecule has 0 spiro atoms. The minimum absolute atomic E-state index is 0.0419. The monoisotopic (exact) mass is 550 g/mol. The van der Waals surface area contributed by atoms with E-state index in [-0.39, 0.29) is 35.8 Å². The summed E-state index contributed by atoms with van der Waals surface area (Å²) in [5.41, 5.74) is 0.210. The Morgan fingerprint density at radius 3 is 2.59 bits per heavy atom. The van der Waals surface area contributed by atoms with Crippen LogP contribution in [0, 0.1) is 11.8 Å². The van der Waals surface area contributed by atoms with E-state index in [0.29, 0.717) is 4.91 Å². The summed E-state index contributed by atoms with van der Waals surface area (Å²) in [6, 6.07) is 4.01. The molecule has 2 fully saturated rings. The summed E-state index contributed by atoms with van der Waals surface area (Å²) < 4.78 is 4.82. The van der Waals surface area contributed by atoms with Gasteiger partial charge in [0.25, 0.3) is 0 Å². The lowest BCUT2D eigenvalue weighted by Crippen LogP contribution is -2.63. The maximum Gasteiger partial charge on any atom is 0.358 e. The Morgan fingerprint density at radius 1 is 1.30 bits per heavy atom. The third-order valence-electron chi connectivity index (χ3n) is 6.88. The van der Waals surface area contributed by atoms with E-state index in [0.717, 1.165) is 4.90 Å². The Hall–Kier alpha value is -3.15. The van der Waals surface area contributed by atoms with Gasteiger partial charge in [0.1, 0.15) is 17.8 Å². The minimum atomic E-state index is -1.55. The highest BCUT2D eigenvalue weighted by Gasteiger charge is 2.60. The molecular weight excluding hydrogens is 525 g/mol. The highest BCUT2D eigenvalue weighted by atomic mass is 32.2. The molecule has 3 aliphatic heterocycles. The topological polar surface area (TPSA) is 177 Å². The molecule has 7 unspecified atom stereocenters. The first kappa shape index (κ1) is 26.9. The molecule has 0 saturated carbocycles. The van der Waals surface area contributed by atoms with Crippen molar-refractivity contribution in [3.05, 3.63) is 40.4 Å². The van der Waals surface area contributed by atoms with Crippen molar-refractivity contribution >= 4 is 56.8 Å². The third kappa shape index (κ3) is 4.78. The number of amides is 3. The number of rotatable bonds is 7. The van der Waals surface area contributed by atoms with Crippen molar-refractivity contribution in [2.75, 3.05) is 11.9 Å². The molecule has 37 heavy (non-hydrogen) atoms. The van der Waals surface area contributed by atoms with Gasteiger partial charge in [0.2, 0.25) is 11.8 Å². The van der Waals surface area contributed by atoms with Gasteiger partial charge in [-0.3, -0.25) is 9.59 Å². The van der Waals surface area contributed by atoms with Gasteiger partial charge in [0.15, 0.2) is 0 Å². The number of aliphatic hydroxyl groups excluding tert-OH is 1. The second-order valence-electron chi connectivity index (χ2n) is 9.16. The second kappa shape index (κ2) is 10.3. The lowest BCUT2D eigenvalue weighted by atomic mass is 9.79. The van der Waals surface area contributed by atoms with Crippen LogP contribution in [0.1, 0.15) is 30.6 Å². The van der Waals surface area contributed by atoms with Crippen molar-refractivity contribution in [1.29, 1.82) is 0 Å². The number of hydrogen-bond donors (Lipinski definition) is 3. The minimum Gasteiger partial charge on any atom is -0.530 e. The molecule has 2 saturated heterocycles. The summed E-state index contributed by atoms with van der Waals surface area (Å²) in [6.07, 6.45) is -2.38. The molecule has 14 heteroatoms. The summed E-state index contributed by atoms with van der Waals surface area (Å²) in [5.74, 6) is -3.98. The van der Waals surface area contributed by atoms with Gasteiger partial charge in [-0.05, 0) is 31.5 Å². The van der Waals surface area contributed by atoms with Crippen molar-refractivity contribution in [3.63, 3.8) is 0 Å². The number of β-lactam (4-membered cyclic amide) rings is 1. The van der Waals surface area contributed by atoms with Gasteiger partial charge in [-0.2, -0.15) is 0 Å². The Bertz CT molecular complexity index is 1210. The zero-order valence-corrected chi connectivity index (χ0v) is 21.8. The van der Waals surface area contributed by atoms with Crippen LogP contribution < -0.4 is 10.4 Å². The molecule has 3 aliphatic rings. The summed E-state index contributed by atoms with van der Waals surface area (Å²) in [5, 5.41) is 33.2. The lowest BCUT2D eigenvalue weighted by molar-refractivity contribution is -0.266. The van der Waals surface area contributed by atoms with Crippen LogP contribution in [0.5, 0.6) is 0 Å². The molecule has 1 aromatic rings. The Kier molecular flexibility index (Phi) is 7.50. The number of hydrogen-bond acceptors (Lipinski definition) is 9. The van der Waals surface area contributed by atoms with Gasteiger partial charge >= 0.3 is 11.9 Å². The number of thioether (sulfide) groups is 1. The second-order valence-corrected chi connectivity index (χ2v) is 10.7. The summed E-state index contributed by atoms with van der Waals surface area (Å²) in [6.45, 7) is 3.25. The fourth-order valence-electron chi connectivity index (χ4n) is 5.19. The van der Waals surface area contributed by atoms with Crippen molar-refractivity contribution in [2.24, 2.45) is 11.8 Å². The van der Waals surface area contributed by atoms with E-state index in [9.17, 15) is 34.2 Å².